The summed E-state index contributed by atoms with van der Waals surface area (Å²) in [6.45, 7) is 7.09. The second-order valence-corrected chi connectivity index (χ2v) is 22.4. The second-order valence-electron chi connectivity index (χ2n) is 21.4. The molecule has 11 aromatic carbocycles. The molecule has 0 saturated carbocycles. The maximum absolute atomic E-state index is 2.62. The van der Waals surface area contributed by atoms with Crippen molar-refractivity contribution in [2.24, 2.45) is 0 Å². The Labute approximate surface area is 423 Å². The van der Waals surface area contributed by atoms with Crippen molar-refractivity contribution >= 4 is 59.3 Å². The van der Waals surface area contributed by atoms with Crippen molar-refractivity contribution in [1.82, 2.24) is 0 Å². The van der Waals surface area contributed by atoms with Crippen LogP contribution in [-0.2, 0) is 16.2 Å². The Morgan fingerprint density at radius 1 is 0.333 bits per heavy atom. The van der Waals surface area contributed by atoms with Crippen molar-refractivity contribution in [3.8, 4) is 44.5 Å². The quantitative estimate of drug-likeness (QED) is 0.171. The van der Waals surface area contributed by atoms with E-state index >= 15 is 0 Å². The highest BCUT2D eigenvalue weighted by atomic mass is 32.1. The molecule has 0 atom stereocenters. The number of fused-ring (bicyclic) bond motifs is 25. The lowest BCUT2D eigenvalue weighted by Crippen LogP contribution is -2.26. The van der Waals surface area contributed by atoms with Crippen LogP contribution in [0.4, 0.5) is 17.1 Å². The van der Waals surface area contributed by atoms with E-state index < -0.39 is 10.8 Å². The van der Waals surface area contributed by atoms with E-state index in [0.29, 0.717) is 0 Å². The van der Waals surface area contributed by atoms with Gasteiger partial charge in [0.05, 0.1) is 21.2 Å². The standard InChI is InChI=1S/C70H47NS/c1-68(2,3)63-39-42-19-4-5-20-45(42)65-54-27-18-34-64(66(54)72-67(63)65)71(43-35-37-52-50-25-10-16-32-59(50)69(61(52)40-43)55-28-12-6-21-46(55)47-22-7-13-29-56(47)69)44-36-38-53-51-26-11-17-33-60(51)70(62(53)41-44)57-30-14-8-23-48(57)49-24-9-15-31-58(49)70/h4-41H,1-3H3. The van der Waals surface area contributed by atoms with Crippen molar-refractivity contribution < 1.29 is 0 Å². The fourth-order valence-electron chi connectivity index (χ4n) is 14.2. The van der Waals surface area contributed by atoms with Gasteiger partial charge in [-0.2, -0.15) is 0 Å². The van der Waals surface area contributed by atoms with E-state index in [1.165, 1.54) is 131 Å². The molecule has 338 valence electrons. The van der Waals surface area contributed by atoms with Gasteiger partial charge in [0.2, 0.25) is 0 Å². The fraction of sp³-hybridized carbons (Fsp3) is 0.0857. The summed E-state index contributed by atoms with van der Waals surface area (Å²) in [5.74, 6) is 0. The highest BCUT2D eigenvalue weighted by Crippen LogP contribution is 2.66. The normalized spacial score (nSPS) is 14.5. The Morgan fingerprint density at radius 2 is 0.708 bits per heavy atom. The summed E-state index contributed by atoms with van der Waals surface area (Å²) < 4.78 is 2.66. The molecular formula is C70H47NS. The second kappa shape index (κ2) is 14.2. The molecule has 4 aliphatic rings. The van der Waals surface area contributed by atoms with E-state index in [1.54, 1.807) is 0 Å². The number of hydrogen-bond acceptors (Lipinski definition) is 2. The van der Waals surface area contributed by atoms with E-state index in [0.717, 1.165) is 11.4 Å². The molecule has 1 heterocycles. The smallest absolute Gasteiger partial charge is 0.0726 e. The highest BCUT2D eigenvalue weighted by Gasteiger charge is 2.53. The molecule has 2 spiro atoms. The van der Waals surface area contributed by atoms with Crippen molar-refractivity contribution in [2.75, 3.05) is 4.90 Å². The molecule has 0 bridgehead atoms. The van der Waals surface area contributed by atoms with Crippen LogP contribution >= 0.6 is 11.3 Å². The van der Waals surface area contributed by atoms with E-state index in [9.17, 15) is 0 Å². The third-order valence-electron chi connectivity index (χ3n) is 17.0. The van der Waals surface area contributed by atoms with Gasteiger partial charge in [-0.25, -0.2) is 0 Å². The molecule has 16 rings (SSSR count). The Bertz CT molecular complexity index is 4030. The lowest BCUT2D eigenvalue weighted by Gasteiger charge is -2.33. The molecular weight excluding hydrogens is 887 g/mol. The van der Waals surface area contributed by atoms with Crippen LogP contribution in [0, 0.1) is 0 Å². The first kappa shape index (κ1) is 40.4. The van der Waals surface area contributed by atoms with Gasteiger partial charge >= 0.3 is 0 Å². The molecule has 12 aromatic rings. The van der Waals surface area contributed by atoms with Crippen LogP contribution in [0.3, 0.4) is 0 Å². The average Bonchev–Trinajstić information content (AvgIpc) is 4.21. The van der Waals surface area contributed by atoms with E-state index in [4.69, 9.17) is 0 Å². The monoisotopic (exact) mass is 933 g/mol. The van der Waals surface area contributed by atoms with Gasteiger partial charge in [0.15, 0.2) is 0 Å². The molecule has 0 unspecified atom stereocenters. The number of hydrogen-bond donors (Lipinski definition) is 0. The third kappa shape index (κ3) is 4.93. The summed E-state index contributed by atoms with van der Waals surface area (Å²) in [5, 5.41) is 5.25. The summed E-state index contributed by atoms with van der Waals surface area (Å²) in [6, 6.07) is 88.3. The first-order valence-corrected chi connectivity index (χ1v) is 26.2. The van der Waals surface area contributed by atoms with E-state index in [2.05, 4.69) is 256 Å². The molecule has 4 aliphatic carbocycles. The van der Waals surface area contributed by atoms with Crippen LogP contribution in [0.5, 0.6) is 0 Å². The van der Waals surface area contributed by atoms with Crippen LogP contribution in [0.2, 0.25) is 0 Å². The minimum absolute atomic E-state index is 0.0582. The van der Waals surface area contributed by atoms with Gasteiger partial charge in [0, 0.05) is 26.8 Å². The van der Waals surface area contributed by atoms with Gasteiger partial charge in [-0.15, -0.1) is 11.3 Å². The molecule has 0 aliphatic heterocycles. The van der Waals surface area contributed by atoms with Crippen LogP contribution < -0.4 is 4.90 Å². The topological polar surface area (TPSA) is 3.24 Å². The summed E-state index contributed by atoms with van der Waals surface area (Å²) in [7, 11) is 0. The van der Waals surface area contributed by atoms with Crippen molar-refractivity contribution in [3.05, 3.63) is 281 Å². The number of benzene rings is 11. The first-order chi connectivity index (χ1) is 35.4. The van der Waals surface area contributed by atoms with Crippen LogP contribution in [0.1, 0.15) is 70.8 Å². The van der Waals surface area contributed by atoms with Gasteiger partial charge in [-0.1, -0.05) is 215 Å². The minimum atomic E-state index is -0.480. The summed E-state index contributed by atoms with van der Waals surface area (Å²) in [5.41, 5.74) is 25.1. The Kier molecular flexibility index (Phi) is 7.97. The number of anilines is 3. The molecule has 0 saturated heterocycles. The largest absolute Gasteiger partial charge is 0.309 e. The Balaban J connectivity index is 1.02. The highest BCUT2D eigenvalue weighted by molar-refractivity contribution is 7.26. The van der Waals surface area contributed by atoms with E-state index in [-0.39, 0.29) is 5.41 Å². The number of thiophene rings is 1. The van der Waals surface area contributed by atoms with Crippen molar-refractivity contribution in [3.63, 3.8) is 0 Å². The predicted molar refractivity (Wildman–Crippen MR) is 303 cm³/mol. The summed E-state index contributed by atoms with van der Waals surface area (Å²) >= 11 is 1.96. The molecule has 72 heavy (non-hydrogen) atoms. The maximum Gasteiger partial charge on any atom is 0.0726 e. The van der Waals surface area contributed by atoms with Crippen LogP contribution in [0.15, 0.2) is 231 Å². The molecule has 1 aromatic heterocycles. The van der Waals surface area contributed by atoms with Gasteiger partial charge in [-0.05, 0) is 147 Å². The predicted octanol–water partition coefficient (Wildman–Crippen LogP) is 18.7. The lowest BCUT2D eigenvalue weighted by molar-refractivity contribution is 0.597. The zero-order valence-electron chi connectivity index (χ0n) is 40.3. The molecule has 0 radical (unpaired) electrons. The lowest BCUT2D eigenvalue weighted by atomic mass is 9.70. The summed E-state index contributed by atoms with van der Waals surface area (Å²) in [6.07, 6.45) is 0. The zero-order chi connectivity index (χ0) is 47.7. The minimum Gasteiger partial charge on any atom is -0.309 e. The average molecular weight is 934 g/mol. The van der Waals surface area contributed by atoms with Crippen LogP contribution in [0.25, 0.3) is 75.5 Å². The third-order valence-corrected chi connectivity index (χ3v) is 18.3. The number of nitrogens with zero attached hydrogens (tertiary/aromatic N) is 1. The first-order valence-electron chi connectivity index (χ1n) is 25.4. The van der Waals surface area contributed by atoms with Gasteiger partial charge in [0.25, 0.3) is 0 Å². The molecule has 2 heteroatoms. The molecule has 0 fully saturated rings. The molecule has 0 amide bonds. The summed E-state index contributed by atoms with van der Waals surface area (Å²) in [4.78, 5) is 2.62. The van der Waals surface area contributed by atoms with Crippen molar-refractivity contribution in [1.29, 1.82) is 0 Å². The fourth-order valence-corrected chi connectivity index (χ4v) is 15.8. The Hall–Kier alpha value is -8.30. The van der Waals surface area contributed by atoms with Gasteiger partial charge in [0.1, 0.15) is 0 Å². The maximum atomic E-state index is 2.62. The molecule has 0 N–H and O–H groups in total. The van der Waals surface area contributed by atoms with Crippen molar-refractivity contribution in [2.45, 2.75) is 37.0 Å². The number of rotatable bonds is 3. The van der Waals surface area contributed by atoms with Gasteiger partial charge < -0.3 is 4.90 Å². The zero-order valence-corrected chi connectivity index (χ0v) is 41.1. The Morgan fingerprint density at radius 3 is 1.14 bits per heavy atom. The SMILES string of the molecule is CC(C)(C)c1cc2ccccc2c2c1sc1c(N(c3ccc4c(c3)C3(c5ccccc5-c5ccccc53)c3ccccc3-4)c3ccc4c(c3)C3(c5ccccc5-c5ccccc53)c3ccccc3-4)cccc12. The van der Waals surface area contributed by atoms with Crippen LogP contribution in [-0.4, -0.2) is 0 Å². The molecule has 1 nitrogen and oxygen atoms in total. The van der Waals surface area contributed by atoms with Gasteiger partial charge in [-0.3, -0.25) is 0 Å². The van der Waals surface area contributed by atoms with E-state index in [1.807, 2.05) is 11.3 Å².